The lowest BCUT2D eigenvalue weighted by Crippen LogP contribution is -2.49. The molecule has 1 aromatic heterocycles. The molecule has 1 aromatic rings. The van der Waals surface area contributed by atoms with Crippen molar-refractivity contribution in [3.05, 3.63) is 29.6 Å². The summed E-state index contributed by atoms with van der Waals surface area (Å²) in [7, 11) is 1.72. The van der Waals surface area contributed by atoms with E-state index in [0.29, 0.717) is 6.54 Å². The number of aryl methyl sites for hydroxylation is 1. The zero-order chi connectivity index (χ0) is 15.1. The summed E-state index contributed by atoms with van der Waals surface area (Å²) in [5.41, 5.74) is 2.38. The molecule has 0 aliphatic heterocycles. The molecule has 21 heavy (non-hydrogen) atoms. The van der Waals surface area contributed by atoms with E-state index in [1.807, 2.05) is 19.2 Å². The van der Waals surface area contributed by atoms with Gasteiger partial charge in [0.15, 0.2) is 0 Å². The average molecular weight is 291 g/mol. The van der Waals surface area contributed by atoms with Crippen LogP contribution >= 0.6 is 0 Å². The number of rotatable bonds is 5. The fourth-order valence-corrected chi connectivity index (χ4v) is 2.86. The average Bonchev–Trinajstić information content (AvgIpc) is 2.50. The van der Waals surface area contributed by atoms with Crippen LogP contribution in [0.4, 0.5) is 4.79 Å². The number of methoxy groups -OCH3 is 1. The molecule has 116 valence electrons. The Hall–Kier alpha value is -1.62. The predicted molar refractivity (Wildman–Crippen MR) is 82.3 cm³/mol. The zero-order valence-corrected chi connectivity index (χ0v) is 12.9. The Morgan fingerprint density at radius 2 is 2.24 bits per heavy atom. The second-order valence-electron chi connectivity index (χ2n) is 5.62. The molecule has 2 atom stereocenters. The third-order valence-electron chi connectivity index (χ3n) is 4.14. The minimum absolute atomic E-state index is 0.101. The van der Waals surface area contributed by atoms with Gasteiger partial charge >= 0.3 is 6.03 Å². The first kappa shape index (κ1) is 15.8. The minimum Gasteiger partial charge on any atom is -0.379 e. The largest absolute Gasteiger partial charge is 0.379 e. The zero-order valence-electron chi connectivity index (χ0n) is 12.9. The van der Waals surface area contributed by atoms with Crippen molar-refractivity contribution < 1.29 is 9.53 Å². The third-order valence-corrected chi connectivity index (χ3v) is 4.14. The van der Waals surface area contributed by atoms with Crippen molar-refractivity contribution in [2.45, 2.75) is 51.2 Å². The number of hydrogen-bond donors (Lipinski definition) is 2. The van der Waals surface area contributed by atoms with Gasteiger partial charge in [0.25, 0.3) is 0 Å². The first-order valence-electron chi connectivity index (χ1n) is 7.67. The van der Waals surface area contributed by atoms with Gasteiger partial charge in [-0.3, -0.25) is 4.98 Å². The van der Waals surface area contributed by atoms with Crippen LogP contribution in [0.5, 0.6) is 0 Å². The van der Waals surface area contributed by atoms with Crippen molar-refractivity contribution in [3.8, 4) is 0 Å². The predicted octanol–water partition coefficient (Wildman–Crippen LogP) is 2.19. The van der Waals surface area contributed by atoms with Crippen LogP contribution in [-0.4, -0.2) is 36.8 Å². The number of ether oxygens (including phenoxy) is 1. The first-order valence-corrected chi connectivity index (χ1v) is 7.67. The maximum absolute atomic E-state index is 12.0. The van der Waals surface area contributed by atoms with Gasteiger partial charge in [-0.2, -0.15) is 0 Å². The van der Waals surface area contributed by atoms with Gasteiger partial charge in [0, 0.05) is 26.0 Å². The Balaban J connectivity index is 1.73. The Kier molecular flexibility index (Phi) is 5.99. The second kappa shape index (κ2) is 7.98. The molecule has 1 saturated carbocycles. The third kappa shape index (κ3) is 4.70. The molecule has 0 radical (unpaired) electrons. The van der Waals surface area contributed by atoms with Crippen LogP contribution in [0.2, 0.25) is 0 Å². The summed E-state index contributed by atoms with van der Waals surface area (Å²) in [6.07, 6.45) is 8.95. The number of aromatic nitrogens is 1. The highest BCUT2D eigenvalue weighted by atomic mass is 16.5. The number of amides is 2. The van der Waals surface area contributed by atoms with Crippen molar-refractivity contribution in [2.75, 3.05) is 13.7 Å². The quantitative estimate of drug-likeness (QED) is 0.874. The Labute approximate surface area is 126 Å². The molecule has 2 rings (SSSR count). The molecule has 1 fully saturated rings. The Bertz CT molecular complexity index is 465. The van der Waals surface area contributed by atoms with E-state index in [2.05, 4.69) is 15.6 Å². The highest BCUT2D eigenvalue weighted by Crippen LogP contribution is 2.20. The summed E-state index contributed by atoms with van der Waals surface area (Å²) in [6, 6.07) is 2.03. The molecule has 2 N–H and O–H groups in total. The maximum atomic E-state index is 12.0. The summed E-state index contributed by atoms with van der Waals surface area (Å²) in [4.78, 5) is 16.0. The number of nitrogens with one attached hydrogen (secondary N) is 2. The van der Waals surface area contributed by atoms with Crippen molar-refractivity contribution in [1.82, 2.24) is 15.6 Å². The molecule has 5 heteroatoms. The number of urea groups is 1. The summed E-state index contributed by atoms with van der Waals surface area (Å²) in [5, 5.41) is 5.96. The summed E-state index contributed by atoms with van der Waals surface area (Å²) in [5.74, 6) is 0. The van der Waals surface area contributed by atoms with Gasteiger partial charge in [0.05, 0.1) is 12.1 Å². The lowest BCUT2D eigenvalue weighted by molar-refractivity contribution is 0.0452. The number of carbonyl (C=O) groups excluding carboxylic acids is 1. The smallest absolute Gasteiger partial charge is 0.315 e. The van der Waals surface area contributed by atoms with Crippen LogP contribution in [0.25, 0.3) is 0 Å². The van der Waals surface area contributed by atoms with Crippen molar-refractivity contribution >= 4 is 6.03 Å². The van der Waals surface area contributed by atoms with Gasteiger partial charge in [-0.05, 0) is 43.4 Å². The van der Waals surface area contributed by atoms with Crippen LogP contribution in [-0.2, 0) is 11.2 Å². The van der Waals surface area contributed by atoms with Crippen LogP contribution in [0.3, 0.4) is 0 Å². The molecule has 0 aromatic carbocycles. The van der Waals surface area contributed by atoms with Crippen LogP contribution < -0.4 is 10.6 Å². The van der Waals surface area contributed by atoms with E-state index in [9.17, 15) is 4.79 Å². The van der Waals surface area contributed by atoms with E-state index < -0.39 is 0 Å². The summed E-state index contributed by atoms with van der Waals surface area (Å²) >= 11 is 0. The first-order chi connectivity index (χ1) is 10.2. The molecule has 5 nitrogen and oxygen atoms in total. The Morgan fingerprint density at radius 3 is 3.00 bits per heavy atom. The van der Waals surface area contributed by atoms with Crippen molar-refractivity contribution in [1.29, 1.82) is 0 Å². The molecule has 1 aliphatic rings. The molecular formula is C16H25N3O2. The van der Waals surface area contributed by atoms with E-state index in [0.717, 1.165) is 31.2 Å². The summed E-state index contributed by atoms with van der Waals surface area (Å²) in [6.45, 7) is 2.66. The second-order valence-corrected chi connectivity index (χ2v) is 5.62. The number of hydrogen-bond acceptors (Lipinski definition) is 3. The maximum Gasteiger partial charge on any atom is 0.315 e. The Morgan fingerprint density at radius 1 is 1.43 bits per heavy atom. The van der Waals surface area contributed by atoms with Crippen molar-refractivity contribution in [3.63, 3.8) is 0 Å². The fourth-order valence-electron chi connectivity index (χ4n) is 2.86. The number of carbonyl (C=O) groups is 1. The van der Waals surface area contributed by atoms with Gasteiger partial charge in [0.1, 0.15) is 0 Å². The van der Waals surface area contributed by atoms with Crippen LogP contribution in [0.1, 0.15) is 36.8 Å². The minimum atomic E-state index is -0.101. The van der Waals surface area contributed by atoms with Gasteiger partial charge in [0.2, 0.25) is 0 Å². The standard InChI is InChI=1S/C16H25N3O2/c1-12-11-17-9-7-13(12)8-10-18-16(20)19-14-5-3-4-6-15(14)21-2/h7,9,11,14-15H,3-6,8,10H2,1-2H3,(H2,18,19,20)/t14-,15+/m1/s1. The molecule has 0 saturated heterocycles. The van der Waals surface area contributed by atoms with Crippen LogP contribution in [0.15, 0.2) is 18.5 Å². The van der Waals surface area contributed by atoms with Crippen LogP contribution in [0, 0.1) is 6.92 Å². The molecule has 0 unspecified atom stereocenters. The SMILES string of the molecule is CO[C@H]1CCCC[C@H]1NC(=O)NCCc1ccncc1C. The summed E-state index contributed by atoms with van der Waals surface area (Å²) < 4.78 is 5.44. The topological polar surface area (TPSA) is 63.2 Å². The van der Waals surface area contributed by atoms with Gasteiger partial charge < -0.3 is 15.4 Å². The number of nitrogens with zero attached hydrogens (tertiary/aromatic N) is 1. The lowest BCUT2D eigenvalue weighted by Gasteiger charge is -2.31. The molecule has 1 heterocycles. The molecule has 0 bridgehead atoms. The number of pyridine rings is 1. The lowest BCUT2D eigenvalue weighted by atomic mass is 9.92. The van der Waals surface area contributed by atoms with Gasteiger partial charge in [-0.15, -0.1) is 0 Å². The molecular weight excluding hydrogens is 266 g/mol. The van der Waals surface area contributed by atoms with Gasteiger partial charge in [-0.25, -0.2) is 4.79 Å². The van der Waals surface area contributed by atoms with Crippen molar-refractivity contribution in [2.24, 2.45) is 0 Å². The van der Waals surface area contributed by atoms with E-state index in [-0.39, 0.29) is 18.2 Å². The monoisotopic (exact) mass is 291 g/mol. The van der Waals surface area contributed by atoms with Gasteiger partial charge in [-0.1, -0.05) is 12.8 Å². The van der Waals surface area contributed by atoms with E-state index in [4.69, 9.17) is 4.74 Å². The van der Waals surface area contributed by atoms with E-state index in [1.165, 1.54) is 12.0 Å². The molecule has 2 amide bonds. The highest BCUT2D eigenvalue weighted by Gasteiger charge is 2.25. The normalized spacial score (nSPS) is 21.8. The fraction of sp³-hybridized carbons (Fsp3) is 0.625. The van der Waals surface area contributed by atoms with E-state index >= 15 is 0 Å². The molecule has 0 spiro atoms. The highest BCUT2D eigenvalue weighted by molar-refractivity contribution is 5.74. The molecule has 1 aliphatic carbocycles. The van der Waals surface area contributed by atoms with E-state index in [1.54, 1.807) is 13.3 Å².